The maximum atomic E-state index is 11.1. The van der Waals surface area contributed by atoms with E-state index in [-0.39, 0.29) is 5.78 Å². The predicted octanol–water partition coefficient (Wildman–Crippen LogP) is 1.43. The Labute approximate surface area is 78.5 Å². The molecule has 2 nitrogen and oxygen atoms in total. The van der Waals surface area contributed by atoms with Gasteiger partial charge in [-0.05, 0) is 31.6 Å². The van der Waals surface area contributed by atoms with Gasteiger partial charge in [-0.25, -0.2) is 0 Å². The maximum absolute atomic E-state index is 11.1. The number of hydrogen-bond donors (Lipinski definition) is 1. The Morgan fingerprint density at radius 3 is 3.00 bits per heavy atom. The molecule has 2 N–H and O–H groups in total. The van der Waals surface area contributed by atoms with E-state index in [1.807, 2.05) is 6.08 Å². The van der Waals surface area contributed by atoms with Crippen LogP contribution in [0.15, 0.2) is 23.8 Å². The van der Waals surface area contributed by atoms with Crippen LogP contribution in [-0.4, -0.2) is 11.8 Å². The molecule has 2 heteroatoms. The van der Waals surface area contributed by atoms with Gasteiger partial charge in [-0.2, -0.15) is 0 Å². The van der Waals surface area contributed by atoms with Crippen LogP contribution in [0.1, 0.15) is 19.8 Å². The highest BCUT2D eigenvalue weighted by atomic mass is 16.1. The molecule has 0 amide bonds. The number of nitrogens with two attached hydrogens (primary N) is 1. The van der Waals surface area contributed by atoms with E-state index in [1.165, 1.54) is 0 Å². The van der Waals surface area contributed by atoms with Crippen molar-refractivity contribution in [3.8, 4) is 0 Å². The van der Waals surface area contributed by atoms with Crippen molar-refractivity contribution < 1.29 is 4.79 Å². The fourth-order valence-electron chi connectivity index (χ4n) is 2.30. The van der Waals surface area contributed by atoms with Crippen LogP contribution in [0, 0.1) is 11.8 Å². The zero-order valence-electron chi connectivity index (χ0n) is 7.86. The van der Waals surface area contributed by atoms with Gasteiger partial charge in [0.05, 0.1) is 0 Å². The lowest BCUT2D eigenvalue weighted by molar-refractivity contribution is -0.113. The fraction of sp³-hybridized carbons (Fsp3) is 0.545. The SMILES string of the molecule is CC(=O)C1=CC2CC[C@H](N)C2C=C1. The highest BCUT2D eigenvalue weighted by molar-refractivity contribution is 5.96. The molecule has 2 unspecified atom stereocenters. The second kappa shape index (κ2) is 3.11. The summed E-state index contributed by atoms with van der Waals surface area (Å²) in [4.78, 5) is 11.1. The summed E-state index contributed by atoms with van der Waals surface area (Å²) < 4.78 is 0. The average molecular weight is 177 g/mol. The van der Waals surface area contributed by atoms with E-state index in [2.05, 4.69) is 12.2 Å². The third-order valence-corrected chi connectivity index (χ3v) is 3.12. The van der Waals surface area contributed by atoms with Crippen molar-refractivity contribution >= 4 is 5.78 Å². The molecule has 0 aliphatic heterocycles. The molecule has 1 fully saturated rings. The van der Waals surface area contributed by atoms with Crippen molar-refractivity contribution in [2.45, 2.75) is 25.8 Å². The third kappa shape index (κ3) is 1.46. The zero-order valence-corrected chi connectivity index (χ0v) is 7.86. The summed E-state index contributed by atoms with van der Waals surface area (Å²) >= 11 is 0. The van der Waals surface area contributed by atoms with Crippen molar-refractivity contribution in [2.24, 2.45) is 17.6 Å². The lowest BCUT2D eigenvalue weighted by Gasteiger charge is -2.20. The van der Waals surface area contributed by atoms with Crippen LogP contribution >= 0.6 is 0 Å². The summed E-state index contributed by atoms with van der Waals surface area (Å²) in [7, 11) is 0. The molecule has 13 heavy (non-hydrogen) atoms. The molecule has 0 aromatic carbocycles. The number of allylic oxidation sites excluding steroid dienone is 3. The number of Topliss-reactive ketones (excluding diaryl/α,β-unsaturated/α-hetero) is 1. The second-order valence-corrected chi connectivity index (χ2v) is 4.02. The van der Waals surface area contributed by atoms with Crippen molar-refractivity contribution in [1.82, 2.24) is 0 Å². The first-order chi connectivity index (χ1) is 6.18. The molecule has 70 valence electrons. The number of hydrogen-bond acceptors (Lipinski definition) is 2. The largest absolute Gasteiger partial charge is 0.327 e. The topological polar surface area (TPSA) is 43.1 Å². The molecule has 0 saturated heterocycles. The minimum atomic E-state index is 0.162. The van der Waals surface area contributed by atoms with E-state index >= 15 is 0 Å². The quantitative estimate of drug-likeness (QED) is 0.658. The van der Waals surface area contributed by atoms with E-state index in [1.54, 1.807) is 6.92 Å². The van der Waals surface area contributed by atoms with Crippen LogP contribution in [0.5, 0.6) is 0 Å². The Balaban J connectivity index is 2.21. The monoisotopic (exact) mass is 177 g/mol. The zero-order chi connectivity index (χ0) is 9.42. The smallest absolute Gasteiger partial charge is 0.159 e. The van der Waals surface area contributed by atoms with Gasteiger partial charge in [0.15, 0.2) is 5.78 Å². The number of fused-ring (bicyclic) bond motifs is 1. The number of rotatable bonds is 1. The minimum absolute atomic E-state index is 0.162. The van der Waals surface area contributed by atoms with Crippen LogP contribution in [0.3, 0.4) is 0 Å². The van der Waals surface area contributed by atoms with Crippen molar-refractivity contribution in [3.05, 3.63) is 23.8 Å². The molecular weight excluding hydrogens is 162 g/mol. The fourth-order valence-corrected chi connectivity index (χ4v) is 2.30. The molecule has 0 aromatic heterocycles. The van der Waals surface area contributed by atoms with Crippen LogP contribution in [0.4, 0.5) is 0 Å². The molecular formula is C11H15NO. The Bertz CT molecular complexity index is 290. The third-order valence-electron chi connectivity index (χ3n) is 3.12. The van der Waals surface area contributed by atoms with Gasteiger partial charge in [0.1, 0.15) is 0 Å². The van der Waals surface area contributed by atoms with E-state index < -0.39 is 0 Å². The molecule has 0 aromatic rings. The molecule has 0 radical (unpaired) electrons. The summed E-state index contributed by atoms with van der Waals surface area (Å²) in [6, 6.07) is 0.297. The summed E-state index contributed by atoms with van der Waals surface area (Å²) in [6.45, 7) is 1.62. The molecule has 0 heterocycles. The number of carbonyl (C=O) groups is 1. The molecule has 2 aliphatic rings. The molecule has 2 aliphatic carbocycles. The Morgan fingerprint density at radius 1 is 1.54 bits per heavy atom. The first-order valence-corrected chi connectivity index (χ1v) is 4.85. The van der Waals surface area contributed by atoms with Gasteiger partial charge in [-0.1, -0.05) is 18.2 Å². The van der Waals surface area contributed by atoms with E-state index in [0.29, 0.717) is 17.9 Å². The van der Waals surface area contributed by atoms with Crippen molar-refractivity contribution in [2.75, 3.05) is 0 Å². The number of carbonyl (C=O) groups excluding carboxylic acids is 1. The van der Waals surface area contributed by atoms with E-state index in [0.717, 1.165) is 18.4 Å². The Kier molecular flexibility index (Phi) is 2.08. The first-order valence-electron chi connectivity index (χ1n) is 4.85. The van der Waals surface area contributed by atoms with Crippen LogP contribution in [0.25, 0.3) is 0 Å². The summed E-state index contributed by atoms with van der Waals surface area (Å²) in [5, 5.41) is 0. The predicted molar refractivity (Wildman–Crippen MR) is 52.1 cm³/mol. The lowest BCUT2D eigenvalue weighted by atomic mass is 9.86. The highest BCUT2D eigenvalue weighted by Gasteiger charge is 2.32. The highest BCUT2D eigenvalue weighted by Crippen LogP contribution is 2.36. The van der Waals surface area contributed by atoms with Crippen molar-refractivity contribution in [3.63, 3.8) is 0 Å². The van der Waals surface area contributed by atoms with Gasteiger partial charge in [0.25, 0.3) is 0 Å². The van der Waals surface area contributed by atoms with Gasteiger partial charge in [0, 0.05) is 11.6 Å². The summed E-state index contributed by atoms with van der Waals surface area (Å²) in [5.74, 6) is 1.15. The van der Waals surface area contributed by atoms with Gasteiger partial charge in [-0.15, -0.1) is 0 Å². The number of ketones is 1. The summed E-state index contributed by atoms with van der Waals surface area (Å²) in [5.41, 5.74) is 6.80. The van der Waals surface area contributed by atoms with Crippen LogP contribution in [0.2, 0.25) is 0 Å². The minimum Gasteiger partial charge on any atom is -0.327 e. The van der Waals surface area contributed by atoms with Gasteiger partial charge in [-0.3, -0.25) is 4.79 Å². The molecule has 2 rings (SSSR count). The molecule has 3 atom stereocenters. The lowest BCUT2D eigenvalue weighted by Crippen LogP contribution is -2.27. The van der Waals surface area contributed by atoms with Crippen LogP contribution in [-0.2, 0) is 4.79 Å². The van der Waals surface area contributed by atoms with Gasteiger partial charge in [0.2, 0.25) is 0 Å². The normalized spacial score (nSPS) is 37.1. The van der Waals surface area contributed by atoms with E-state index in [4.69, 9.17) is 5.73 Å². The maximum Gasteiger partial charge on any atom is 0.159 e. The van der Waals surface area contributed by atoms with Gasteiger partial charge < -0.3 is 5.73 Å². The Hall–Kier alpha value is -0.890. The van der Waals surface area contributed by atoms with Crippen molar-refractivity contribution in [1.29, 1.82) is 0 Å². The second-order valence-electron chi connectivity index (χ2n) is 4.02. The average Bonchev–Trinajstić information content (AvgIpc) is 2.47. The first kappa shape index (κ1) is 8.70. The van der Waals surface area contributed by atoms with Crippen LogP contribution < -0.4 is 5.73 Å². The molecule has 0 spiro atoms. The molecule has 1 saturated carbocycles. The standard InChI is InChI=1S/C11H15NO/c1-7(13)8-2-4-10-9(6-8)3-5-11(10)12/h2,4,6,9-11H,3,5,12H2,1H3/t9?,10?,11-/m0/s1. The summed E-state index contributed by atoms with van der Waals surface area (Å²) in [6.07, 6.45) is 8.35. The van der Waals surface area contributed by atoms with Gasteiger partial charge >= 0.3 is 0 Å². The molecule has 0 bridgehead atoms. The Morgan fingerprint density at radius 2 is 2.31 bits per heavy atom. The van der Waals surface area contributed by atoms with E-state index in [9.17, 15) is 4.79 Å².